The van der Waals surface area contributed by atoms with Gasteiger partial charge in [-0.15, -0.1) is 0 Å². The molecule has 3 aromatic rings. The van der Waals surface area contributed by atoms with Crippen molar-refractivity contribution in [2.24, 2.45) is 0 Å². The van der Waals surface area contributed by atoms with E-state index in [1.165, 1.54) is 5.56 Å². The highest BCUT2D eigenvalue weighted by Gasteiger charge is 2.14. The molecule has 0 aliphatic heterocycles. The number of carbonyl (C=O) groups is 1. The number of amides is 1. The van der Waals surface area contributed by atoms with E-state index < -0.39 is 0 Å². The largest absolute Gasteiger partial charge is 0.279 e. The minimum atomic E-state index is -0.272. The van der Waals surface area contributed by atoms with Crippen LogP contribution < -0.4 is 10.9 Å². The van der Waals surface area contributed by atoms with E-state index in [0.717, 1.165) is 0 Å². The number of nitrogens with one attached hydrogen (secondary N) is 2. The molecule has 2 N–H and O–H groups in total. The first-order valence-electron chi connectivity index (χ1n) is 7.94. The van der Waals surface area contributed by atoms with Gasteiger partial charge in [0.15, 0.2) is 11.0 Å². The van der Waals surface area contributed by atoms with Crippen molar-refractivity contribution in [2.75, 3.05) is 5.43 Å². The maximum atomic E-state index is 12.3. The van der Waals surface area contributed by atoms with Gasteiger partial charge in [0.05, 0.1) is 11.0 Å². The summed E-state index contributed by atoms with van der Waals surface area (Å²) < 4.78 is 0. The second-order valence-corrected chi connectivity index (χ2v) is 7.12. The van der Waals surface area contributed by atoms with Crippen LogP contribution >= 0.6 is 11.6 Å². The topological polar surface area (TPSA) is 66.9 Å². The molecule has 0 aliphatic carbocycles. The number of hydrazine groups is 1. The minimum Gasteiger partial charge on any atom is -0.279 e. The molecule has 5 nitrogen and oxygen atoms in total. The zero-order valence-corrected chi connectivity index (χ0v) is 15.1. The van der Waals surface area contributed by atoms with Gasteiger partial charge < -0.3 is 0 Å². The van der Waals surface area contributed by atoms with Crippen molar-refractivity contribution in [3.63, 3.8) is 0 Å². The quantitative estimate of drug-likeness (QED) is 0.687. The van der Waals surface area contributed by atoms with Crippen LogP contribution in [0, 0.1) is 0 Å². The molecule has 1 amide bonds. The summed E-state index contributed by atoms with van der Waals surface area (Å²) in [6.45, 7) is 6.39. The zero-order valence-electron chi connectivity index (χ0n) is 14.3. The van der Waals surface area contributed by atoms with Crippen molar-refractivity contribution in [1.82, 2.24) is 15.4 Å². The van der Waals surface area contributed by atoms with Crippen LogP contribution in [0.5, 0.6) is 0 Å². The van der Waals surface area contributed by atoms with Gasteiger partial charge in [-0.2, -0.15) is 0 Å². The number of hydrogen-bond acceptors (Lipinski definition) is 4. The second kappa shape index (κ2) is 6.69. The van der Waals surface area contributed by atoms with Crippen LogP contribution in [0.25, 0.3) is 11.0 Å². The van der Waals surface area contributed by atoms with Gasteiger partial charge in [0, 0.05) is 5.56 Å². The maximum absolute atomic E-state index is 12.3. The highest BCUT2D eigenvalue weighted by molar-refractivity contribution is 6.32. The van der Waals surface area contributed by atoms with Crippen LogP contribution in [0.2, 0.25) is 5.15 Å². The van der Waals surface area contributed by atoms with Gasteiger partial charge in [-0.1, -0.05) is 56.6 Å². The first-order valence-corrected chi connectivity index (χ1v) is 8.31. The molecular formula is C19H19ClN4O. The minimum absolute atomic E-state index is 0.0431. The lowest BCUT2D eigenvalue weighted by atomic mass is 9.87. The summed E-state index contributed by atoms with van der Waals surface area (Å²) >= 11 is 6.12. The van der Waals surface area contributed by atoms with E-state index in [2.05, 4.69) is 41.6 Å². The van der Waals surface area contributed by atoms with Gasteiger partial charge in [0.25, 0.3) is 5.91 Å². The third-order valence-electron chi connectivity index (χ3n) is 3.84. The molecule has 3 rings (SSSR count). The summed E-state index contributed by atoms with van der Waals surface area (Å²) in [5, 5.41) is 0.196. The van der Waals surface area contributed by atoms with Gasteiger partial charge in [0.2, 0.25) is 0 Å². The van der Waals surface area contributed by atoms with E-state index in [1.807, 2.05) is 36.4 Å². The number of para-hydroxylation sites is 2. The summed E-state index contributed by atoms with van der Waals surface area (Å²) in [7, 11) is 0. The number of fused-ring (bicyclic) bond motifs is 1. The summed E-state index contributed by atoms with van der Waals surface area (Å²) in [5.74, 6) is 0.0338. The number of hydrogen-bond donors (Lipinski definition) is 2. The molecular weight excluding hydrogens is 336 g/mol. The Morgan fingerprint density at radius 3 is 2.16 bits per heavy atom. The third kappa shape index (κ3) is 3.88. The molecule has 0 aliphatic rings. The molecule has 0 saturated heterocycles. The van der Waals surface area contributed by atoms with Crippen LogP contribution in [0.3, 0.4) is 0 Å². The smallest absolute Gasteiger partial charge is 0.269 e. The van der Waals surface area contributed by atoms with Crippen molar-refractivity contribution < 1.29 is 4.79 Å². The fourth-order valence-electron chi connectivity index (χ4n) is 2.37. The number of benzene rings is 2. The predicted octanol–water partition coefficient (Wildman–Crippen LogP) is 4.34. The summed E-state index contributed by atoms with van der Waals surface area (Å²) in [4.78, 5) is 20.9. The van der Waals surface area contributed by atoms with Crippen LogP contribution in [-0.2, 0) is 5.41 Å². The van der Waals surface area contributed by atoms with E-state index in [-0.39, 0.29) is 16.5 Å². The maximum Gasteiger partial charge on any atom is 0.269 e. The van der Waals surface area contributed by atoms with Gasteiger partial charge >= 0.3 is 0 Å². The standard InChI is InChI=1S/C19H19ClN4O/c1-19(2,3)13-10-8-12(9-11-13)18(25)24-23-17-16(20)21-14-6-4-5-7-15(14)22-17/h4-11H,1-3H3,(H,22,23)(H,24,25). The van der Waals surface area contributed by atoms with Crippen molar-refractivity contribution >= 4 is 34.4 Å². The molecule has 0 saturated carbocycles. The molecule has 2 aromatic carbocycles. The van der Waals surface area contributed by atoms with E-state index >= 15 is 0 Å². The average Bonchev–Trinajstić information content (AvgIpc) is 2.59. The van der Waals surface area contributed by atoms with Gasteiger partial charge in [-0.3, -0.25) is 15.6 Å². The van der Waals surface area contributed by atoms with Gasteiger partial charge in [0.1, 0.15) is 0 Å². The average molecular weight is 355 g/mol. The normalized spacial score (nSPS) is 11.4. The van der Waals surface area contributed by atoms with Crippen molar-refractivity contribution in [2.45, 2.75) is 26.2 Å². The lowest BCUT2D eigenvalue weighted by Gasteiger charge is -2.19. The highest BCUT2D eigenvalue weighted by Crippen LogP contribution is 2.22. The van der Waals surface area contributed by atoms with Crippen molar-refractivity contribution in [3.05, 3.63) is 64.8 Å². The number of carbonyl (C=O) groups excluding carboxylic acids is 1. The number of rotatable bonds is 3. The van der Waals surface area contributed by atoms with Gasteiger partial charge in [-0.25, -0.2) is 9.97 Å². The van der Waals surface area contributed by atoms with Crippen LogP contribution in [0.4, 0.5) is 5.82 Å². The monoisotopic (exact) mass is 354 g/mol. The van der Waals surface area contributed by atoms with Gasteiger partial charge in [-0.05, 0) is 35.2 Å². The summed E-state index contributed by atoms with van der Waals surface area (Å²) in [6, 6.07) is 14.9. The SMILES string of the molecule is CC(C)(C)c1ccc(C(=O)NNc2nc3ccccc3nc2Cl)cc1. The Morgan fingerprint density at radius 2 is 1.56 bits per heavy atom. The second-order valence-electron chi connectivity index (χ2n) is 6.76. The summed E-state index contributed by atoms with van der Waals surface area (Å²) in [5.41, 5.74) is 8.49. The Morgan fingerprint density at radius 1 is 0.960 bits per heavy atom. The Balaban J connectivity index is 1.73. The Labute approximate surface area is 151 Å². The molecule has 0 radical (unpaired) electrons. The fraction of sp³-hybridized carbons (Fsp3) is 0.211. The van der Waals surface area contributed by atoms with Crippen molar-refractivity contribution in [1.29, 1.82) is 0 Å². The van der Waals surface area contributed by atoms with Crippen LogP contribution in [-0.4, -0.2) is 15.9 Å². The number of nitrogens with zero attached hydrogens (tertiary/aromatic N) is 2. The molecule has 6 heteroatoms. The predicted molar refractivity (Wildman–Crippen MR) is 101 cm³/mol. The zero-order chi connectivity index (χ0) is 18.0. The fourth-order valence-corrected chi connectivity index (χ4v) is 2.55. The first kappa shape index (κ1) is 17.2. The molecule has 0 unspecified atom stereocenters. The number of anilines is 1. The lowest BCUT2D eigenvalue weighted by Crippen LogP contribution is -2.30. The first-order chi connectivity index (χ1) is 11.8. The van der Waals surface area contributed by atoms with E-state index in [1.54, 1.807) is 12.1 Å². The molecule has 1 aromatic heterocycles. The molecule has 1 heterocycles. The molecule has 25 heavy (non-hydrogen) atoms. The number of halogens is 1. The lowest BCUT2D eigenvalue weighted by molar-refractivity contribution is 0.0962. The molecule has 128 valence electrons. The third-order valence-corrected chi connectivity index (χ3v) is 4.10. The molecule has 0 fully saturated rings. The van der Waals surface area contributed by atoms with E-state index in [9.17, 15) is 4.79 Å². The molecule has 0 bridgehead atoms. The Hall–Kier alpha value is -2.66. The summed E-state index contributed by atoms with van der Waals surface area (Å²) in [6.07, 6.45) is 0. The molecule has 0 spiro atoms. The highest BCUT2D eigenvalue weighted by atomic mass is 35.5. The van der Waals surface area contributed by atoms with Crippen molar-refractivity contribution in [3.8, 4) is 0 Å². The molecule has 0 atom stereocenters. The van der Waals surface area contributed by atoms with E-state index in [0.29, 0.717) is 22.4 Å². The van der Waals surface area contributed by atoms with Crippen LogP contribution in [0.15, 0.2) is 48.5 Å². The van der Waals surface area contributed by atoms with Crippen LogP contribution in [0.1, 0.15) is 36.7 Å². The number of aromatic nitrogens is 2. The van der Waals surface area contributed by atoms with E-state index in [4.69, 9.17) is 11.6 Å². The Bertz CT molecular complexity index is 917. The Kier molecular flexibility index (Phi) is 4.59.